The molecule has 0 aliphatic carbocycles. The molecule has 2 aromatic carbocycles. The molecule has 0 saturated heterocycles. The Morgan fingerprint density at radius 2 is 2.00 bits per heavy atom. The first kappa shape index (κ1) is 19.2. The van der Waals surface area contributed by atoms with Gasteiger partial charge in [0.1, 0.15) is 11.0 Å². The monoisotopic (exact) mass is 425 g/mol. The molecule has 0 radical (unpaired) electrons. The number of hydrogen-bond donors (Lipinski definition) is 1. The molecule has 0 bridgehead atoms. The number of rotatable bonds is 5. The summed E-state index contributed by atoms with van der Waals surface area (Å²) in [5.41, 5.74) is 1.47. The van der Waals surface area contributed by atoms with Gasteiger partial charge in [-0.15, -0.1) is 0 Å². The molecule has 0 aliphatic heterocycles. The van der Waals surface area contributed by atoms with Crippen LogP contribution < -0.4 is 5.32 Å². The van der Waals surface area contributed by atoms with Crippen LogP contribution in [0.15, 0.2) is 41.3 Å². The second-order valence-corrected chi connectivity index (χ2v) is 8.43. The van der Waals surface area contributed by atoms with Gasteiger partial charge in [-0.2, -0.15) is 8.75 Å². The fourth-order valence-corrected chi connectivity index (χ4v) is 3.59. The SMILES string of the molecule is CS(=O)(=O)c1ccc(Cl)c(C(=O)OCC(=O)Nc2cccc3nsnc23)c1. The van der Waals surface area contributed by atoms with Crippen molar-refractivity contribution in [2.24, 2.45) is 0 Å². The molecule has 8 nitrogen and oxygen atoms in total. The third-order valence-corrected chi connectivity index (χ3v) is 5.46. The number of fused-ring (bicyclic) bond motifs is 1. The number of amides is 1. The van der Waals surface area contributed by atoms with Crippen molar-refractivity contribution < 1.29 is 22.7 Å². The number of benzene rings is 2. The van der Waals surface area contributed by atoms with Gasteiger partial charge in [0.2, 0.25) is 0 Å². The van der Waals surface area contributed by atoms with Crippen LogP contribution in [-0.4, -0.2) is 41.9 Å². The number of aromatic nitrogens is 2. The largest absolute Gasteiger partial charge is 0.452 e. The number of carbonyl (C=O) groups excluding carboxylic acids is 2. The maximum absolute atomic E-state index is 12.2. The summed E-state index contributed by atoms with van der Waals surface area (Å²) in [7, 11) is -3.52. The van der Waals surface area contributed by atoms with E-state index in [0.717, 1.165) is 24.1 Å². The van der Waals surface area contributed by atoms with Crippen LogP contribution in [0.2, 0.25) is 5.02 Å². The Bertz CT molecular complexity index is 1140. The second kappa shape index (κ2) is 7.59. The minimum Gasteiger partial charge on any atom is -0.452 e. The Balaban J connectivity index is 1.69. The lowest BCUT2D eigenvalue weighted by Crippen LogP contribution is -2.21. The first-order valence-electron chi connectivity index (χ1n) is 7.43. The molecule has 1 amide bonds. The van der Waals surface area contributed by atoms with Gasteiger partial charge in [0.05, 0.1) is 32.9 Å². The highest BCUT2D eigenvalue weighted by Gasteiger charge is 2.18. The molecular weight excluding hydrogens is 414 g/mol. The van der Waals surface area contributed by atoms with Crippen LogP contribution >= 0.6 is 23.3 Å². The summed E-state index contributed by atoms with van der Waals surface area (Å²) in [6, 6.07) is 8.79. The lowest BCUT2D eigenvalue weighted by Gasteiger charge is -2.09. The van der Waals surface area contributed by atoms with Crippen LogP contribution in [-0.2, 0) is 19.4 Å². The Hall–Kier alpha value is -2.56. The molecule has 0 saturated carbocycles. The highest BCUT2D eigenvalue weighted by Crippen LogP contribution is 2.22. The third kappa shape index (κ3) is 4.41. The normalized spacial score (nSPS) is 11.3. The van der Waals surface area contributed by atoms with E-state index in [4.69, 9.17) is 16.3 Å². The Morgan fingerprint density at radius 1 is 1.22 bits per heavy atom. The van der Waals surface area contributed by atoms with Gasteiger partial charge < -0.3 is 10.1 Å². The Morgan fingerprint density at radius 3 is 2.74 bits per heavy atom. The summed E-state index contributed by atoms with van der Waals surface area (Å²) < 4.78 is 36.3. The van der Waals surface area contributed by atoms with Crippen LogP contribution in [0.5, 0.6) is 0 Å². The zero-order valence-corrected chi connectivity index (χ0v) is 16.2. The van der Waals surface area contributed by atoms with Gasteiger partial charge in [-0.05, 0) is 30.3 Å². The van der Waals surface area contributed by atoms with Crippen LogP contribution in [0, 0.1) is 0 Å². The molecule has 11 heteroatoms. The fraction of sp³-hybridized carbons (Fsp3) is 0.125. The minimum atomic E-state index is -3.52. The molecule has 0 fully saturated rings. The third-order valence-electron chi connectivity index (χ3n) is 3.48. The highest BCUT2D eigenvalue weighted by atomic mass is 35.5. The van der Waals surface area contributed by atoms with E-state index in [-0.39, 0.29) is 15.5 Å². The lowest BCUT2D eigenvalue weighted by molar-refractivity contribution is -0.119. The molecule has 1 heterocycles. The molecular formula is C16H12ClN3O5S2. The number of nitrogens with one attached hydrogen (secondary N) is 1. The van der Waals surface area contributed by atoms with E-state index in [0.29, 0.717) is 16.7 Å². The number of esters is 1. The van der Waals surface area contributed by atoms with Crippen LogP contribution in [0.4, 0.5) is 5.69 Å². The minimum absolute atomic E-state index is 0.0196. The molecule has 3 aromatic rings. The average Bonchev–Trinajstić information content (AvgIpc) is 3.09. The summed E-state index contributed by atoms with van der Waals surface area (Å²) >= 11 is 6.94. The van der Waals surface area contributed by atoms with Gasteiger partial charge in [-0.3, -0.25) is 4.79 Å². The predicted octanol–water partition coefficient (Wildman–Crippen LogP) is 2.54. The van der Waals surface area contributed by atoms with Gasteiger partial charge >= 0.3 is 5.97 Å². The van der Waals surface area contributed by atoms with E-state index >= 15 is 0 Å². The first-order chi connectivity index (χ1) is 12.8. The van der Waals surface area contributed by atoms with Crippen molar-refractivity contribution in [3.05, 3.63) is 47.0 Å². The van der Waals surface area contributed by atoms with Gasteiger partial charge in [0, 0.05) is 6.26 Å². The molecule has 1 N–H and O–H groups in total. The summed E-state index contributed by atoms with van der Waals surface area (Å²) in [6.45, 7) is -0.577. The highest BCUT2D eigenvalue weighted by molar-refractivity contribution is 7.90. The van der Waals surface area contributed by atoms with E-state index in [1.165, 1.54) is 12.1 Å². The number of halogens is 1. The number of hydrogen-bond acceptors (Lipinski definition) is 8. The summed E-state index contributed by atoms with van der Waals surface area (Å²) in [5.74, 6) is -1.49. The molecule has 0 aliphatic rings. The number of anilines is 1. The quantitative estimate of drug-likeness (QED) is 0.624. The van der Waals surface area contributed by atoms with Crippen LogP contribution in [0.1, 0.15) is 10.4 Å². The molecule has 27 heavy (non-hydrogen) atoms. The fourth-order valence-electron chi connectivity index (χ4n) is 2.19. The van der Waals surface area contributed by atoms with E-state index in [1.54, 1.807) is 18.2 Å². The molecule has 0 unspecified atom stereocenters. The second-order valence-electron chi connectivity index (χ2n) is 5.48. The first-order valence-corrected chi connectivity index (χ1v) is 10.4. The van der Waals surface area contributed by atoms with Gasteiger partial charge in [0.25, 0.3) is 5.91 Å². The van der Waals surface area contributed by atoms with E-state index in [9.17, 15) is 18.0 Å². The van der Waals surface area contributed by atoms with Crippen molar-refractivity contribution in [1.29, 1.82) is 0 Å². The number of nitrogens with zero attached hydrogens (tertiary/aromatic N) is 2. The molecule has 0 atom stereocenters. The van der Waals surface area contributed by atoms with Crippen molar-refractivity contribution in [3.8, 4) is 0 Å². The Kier molecular flexibility index (Phi) is 5.40. The van der Waals surface area contributed by atoms with Crippen LogP contribution in [0.25, 0.3) is 11.0 Å². The summed E-state index contributed by atoms with van der Waals surface area (Å²) in [6.07, 6.45) is 1.01. The maximum atomic E-state index is 12.2. The average molecular weight is 426 g/mol. The van der Waals surface area contributed by atoms with Crippen molar-refractivity contribution in [2.45, 2.75) is 4.90 Å². The standard InChI is InChI=1S/C16H12ClN3O5S2/c1-27(23,24)9-5-6-11(17)10(7-9)16(22)25-8-14(21)18-12-3-2-4-13-15(12)20-26-19-13/h2-7H,8H2,1H3,(H,18,21). The molecule has 0 spiro atoms. The number of ether oxygens (including phenoxy) is 1. The van der Waals surface area contributed by atoms with Gasteiger partial charge in [-0.25, -0.2) is 13.2 Å². The topological polar surface area (TPSA) is 115 Å². The van der Waals surface area contributed by atoms with Crippen molar-refractivity contribution in [3.63, 3.8) is 0 Å². The number of carbonyl (C=O) groups is 2. The molecule has 3 rings (SSSR count). The van der Waals surface area contributed by atoms with Crippen molar-refractivity contribution in [1.82, 2.24) is 8.75 Å². The van der Waals surface area contributed by atoms with E-state index in [1.807, 2.05) is 0 Å². The van der Waals surface area contributed by atoms with E-state index in [2.05, 4.69) is 14.1 Å². The lowest BCUT2D eigenvalue weighted by atomic mass is 10.2. The molecule has 140 valence electrons. The van der Waals surface area contributed by atoms with Gasteiger partial charge in [0.15, 0.2) is 16.4 Å². The zero-order valence-electron chi connectivity index (χ0n) is 13.8. The smallest absolute Gasteiger partial charge is 0.340 e. The summed E-state index contributed by atoms with van der Waals surface area (Å²) in [4.78, 5) is 24.2. The van der Waals surface area contributed by atoms with E-state index < -0.39 is 28.3 Å². The summed E-state index contributed by atoms with van der Waals surface area (Å²) in [5, 5.41) is 2.61. The molecule has 1 aromatic heterocycles. The Labute approximate surface area is 163 Å². The number of sulfone groups is 1. The maximum Gasteiger partial charge on any atom is 0.340 e. The van der Waals surface area contributed by atoms with Crippen LogP contribution in [0.3, 0.4) is 0 Å². The predicted molar refractivity (Wildman–Crippen MR) is 101 cm³/mol. The van der Waals surface area contributed by atoms with Gasteiger partial charge in [-0.1, -0.05) is 17.7 Å². The van der Waals surface area contributed by atoms with Crippen molar-refractivity contribution >= 4 is 61.8 Å². The zero-order chi connectivity index (χ0) is 19.6. The van der Waals surface area contributed by atoms with Crippen molar-refractivity contribution in [2.75, 3.05) is 18.2 Å².